The minimum atomic E-state index is 0.587. The third kappa shape index (κ3) is 1.49. The zero-order valence-corrected chi connectivity index (χ0v) is 7.60. The van der Waals surface area contributed by atoms with Gasteiger partial charge in [-0.3, -0.25) is 0 Å². The maximum Gasteiger partial charge on any atom is 0.329 e. The maximum atomic E-state index is 6.77. The third-order valence-corrected chi connectivity index (χ3v) is 3.14. The van der Waals surface area contributed by atoms with E-state index in [-0.39, 0.29) is 0 Å². The first-order valence-corrected chi connectivity index (χ1v) is 5.08. The van der Waals surface area contributed by atoms with E-state index in [4.69, 9.17) is 6.57 Å². The molecule has 2 nitrogen and oxygen atoms in total. The molecule has 1 aliphatic carbocycles. The van der Waals surface area contributed by atoms with Crippen LogP contribution in [0.25, 0.3) is 4.85 Å². The Hall–Kier alpha value is -0.880. The summed E-state index contributed by atoms with van der Waals surface area (Å²) in [5.41, 5.74) is 1.12. The molecule has 0 aliphatic heterocycles. The van der Waals surface area contributed by atoms with E-state index in [0.717, 1.165) is 18.0 Å². The van der Waals surface area contributed by atoms with Gasteiger partial charge in [0.25, 0.3) is 0 Å². The molecule has 2 rings (SSSR count). The Morgan fingerprint density at radius 3 is 3.00 bits per heavy atom. The van der Waals surface area contributed by atoms with Crippen LogP contribution in [0, 0.1) is 12.5 Å². The van der Waals surface area contributed by atoms with E-state index < -0.39 is 0 Å². The Morgan fingerprint density at radius 2 is 2.50 bits per heavy atom. The molecule has 3 heteroatoms. The van der Waals surface area contributed by atoms with Crippen molar-refractivity contribution in [2.24, 2.45) is 5.92 Å². The van der Waals surface area contributed by atoms with Crippen molar-refractivity contribution in [2.45, 2.75) is 25.7 Å². The zero-order chi connectivity index (χ0) is 8.39. The molecule has 0 spiro atoms. The molecule has 1 aromatic heterocycles. The fourth-order valence-electron chi connectivity index (χ4n) is 1.43. The normalized spacial score (nSPS) is 16.9. The average Bonchev–Trinajstić information content (AvgIpc) is 2.44. The van der Waals surface area contributed by atoms with Gasteiger partial charge < -0.3 is 4.85 Å². The highest BCUT2D eigenvalue weighted by atomic mass is 32.1. The van der Waals surface area contributed by atoms with Crippen molar-refractivity contribution in [3.05, 3.63) is 22.5 Å². The van der Waals surface area contributed by atoms with Crippen LogP contribution in [0.5, 0.6) is 0 Å². The molecule has 0 radical (unpaired) electrons. The molecule has 12 heavy (non-hydrogen) atoms. The van der Waals surface area contributed by atoms with Crippen molar-refractivity contribution in [2.75, 3.05) is 0 Å². The summed E-state index contributed by atoms with van der Waals surface area (Å²) in [5.74, 6) is 0.852. The summed E-state index contributed by atoms with van der Waals surface area (Å²) in [6, 6.07) is 0. The summed E-state index contributed by atoms with van der Waals surface area (Å²) in [4.78, 5) is 7.51. The monoisotopic (exact) mass is 178 g/mol. The van der Waals surface area contributed by atoms with Crippen LogP contribution in [-0.2, 0) is 6.42 Å². The standard InChI is InChI=1S/C9H10N2S/c1-10-9-11-8(6-12-9)5-7-3-2-4-7/h6-7H,2-5H2. The van der Waals surface area contributed by atoms with Gasteiger partial charge in [0.2, 0.25) is 0 Å². The molecule has 0 saturated heterocycles. The molecule has 0 amide bonds. The summed E-state index contributed by atoms with van der Waals surface area (Å²) in [5, 5.41) is 2.61. The van der Waals surface area contributed by atoms with E-state index in [1.807, 2.05) is 5.38 Å². The van der Waals surface area contributed by atoms with Gasteiger partial charge in [-0.05, 0) is 18.8 Å². The highest BCUT2D eigenvalue weighted by molar-refractivity contribution is 7.13. The predicted octanol–water partition coefficient (Wildman–Crippen LogP) is 3.04. The van der Waals surface area contributed by atoms with Gasteiger partial charge >= 0.3 is 5.13 Å². The second kappa shape index (κ2) is 3.24. The number of hydrogen-bond donors (Lipinski definition) is 0. The van der Waals surface area contributed by atoms with Crippen molar-refractivity contribution < 1.29 is 0 Å². The smallest absolute Gasteiger partial charge is 0.329 e. The lowest BCUT2D eigenvalue weighted by Crippen LogP contribution is -2.13. The van der Waals surface area contributed by atoms with Gasteiger partial charge in [-0.1, -0.05) is 13.0 Å². The lowest BCUT2D eigenvalue weighted by Gasteiger charge is -2.23. The topological polar surface area (TPSA) is 17.2 Å². The Kier molecular flexibility index (Phi) is 2.09. The van der Waals surface area contributed by atoms with Crippen LogP contribution in [0.2, 0.25) is 0 Å². The number of rotatable bonds is 2. The van der Waals surface area contributed by atoms with Crippen LogP contribution in [0.1, 0.15) is 25.0 Å². The summed E-state index contributed by atoms with van der Waals surface area (Å²) >= 11 is 1.46. The number of thiazole rings is 1. The fourth-order valence-corrected chi connectivity index (χ4v) is 2.05. The first kappa shape index (κ1) is 7.75. The van der Waals surface area contributed by atoms with Crippen LogP contribution < -0.4 is 0 Å². The SMILES string of the molecule is [C-]#[N+]c1nc(CC2CCC2)cs1. The minimum Gasteiger partial charge on any atom is -0.351 e. The van der Waals surface area contributed by atoms with Crippen LogP contribution >= 0.6 is 11.3 Å². The Labute approximate surface area is 76.1 Å². The van der Waals surface area contributed by atoms with Crippen molar-refractivity contribution in [3.8, 4) is 0 Å². The zero-order valence-electron chi connectivity index (χ0n) is 6.79. The van der Waals surface area contributed by atoms with Crippen molar-refractivity contribution in [1.82, 2.24) is 4.98 Å². The molecular weight excluding hydrogens is 168 g/mol. The van der Waals surface area contributed by atoms with E-state index >= 15 is 0 Å². The van der Waals surface area contributed by atoms with Crippen molar-refractivity contribution in [1.29, 1.82) is 0 Å². The molecule has 0 unspecified atom stereocenters. The summed E-state index contributed by atoms with van der Waals surface area (Å²) in [6.45, 7) is 6.77. The van der Waals surface area contributed by atoms with Crippen LogP contribution in [0.15, 0.2) is 5.38 Å². The van der Waals surface area contributed by atoms with E-state index in [9.17, 15) is 0 Å². The quantitative estimate of drug-likeness (QED) is 0.636. The highest BCUT2D eigenvalue weighted by Crippen LogP contribution is 2.30. The summed E-state index contributed by atoms with van der Waals surface area (Å²) < 4.78 is 0. The van der Waals surface area contributed by atoms with E-state index in [1.54, 1.807) is 0 Å². The first-order valence-electron chi connectivity index (χ1n) is 4.20. The molecule has 1 aliphatic rings. The van der Waals surface area contributed by atoms with Gasteiger partial charge in [0, 0.05) is 11.8 Å². The first-order chi connectivity index (χ1) is 5.88. The highest BCUT2D eigenvalue weighted by Gasteiger charge is 2.20. The van der Waals surface area contributed by atoms with E-state index in [2.05, 4.69) is 9.83 Å². The second-order valence-electron chi connectivity index (χ2n) is 3.23. The minimum absolute atomic E-state index is 0.587. The van der Waals surface area contributed by atoms with Gasteiger partial charge in [0.15, 0.2) is 0 Å². The number of aromatic nitrogens is 1. The van der Waals surface area contributed by atoms with Crippen molar-refractivity contribution in [3.63, 3.8) is 0 Å². The third-order valence-electron chi connectivity index (χ3n) is 2.36. The van der Waals surface area contributed by atoms with Crippen LogP contribution in [-0.4, -0.2) is 4.98 Å². The Bertz CT molecular complexity index is 307. The molecule has 0 aromatic carbocycles. The molecule has 1 fully saturated rings. The molecule has 1 heterocycles. The molecule has 1 aromatic rings. The van der Waals surface area contributed by atoms with E-state index in [0.29, 0.717) is 5.13 Å². The molecular formula is C9H10N2S. The molecule has 62 valence electrons. The van der Waals surface area contributed by atoms with E-state index in [1.165, 1.54) is 30.6 Å². The molecule has 0 atom stereocenters. The lowest BCUT2D eigenvalue weighted by molar-refractivity contribution is 0.312. The van der Waals surface area contributed by atoms with Gasteiger partial charge in [-0.25, -0.2) is 0 Å². The average molecular weight is 178 g/mol. The van der Waals surface area contributed by atoms with Gasteiger partial charge in [-0.15, -0.1) is 16.3 Å². The molecule has 1 saturated carbocycles. The maximum absolute atomic E-state index is 6.77. The van der Waals surface area contributed by atoms with Gasteiger partial charge in [-0.2, -0.15) is 0 Å². The van der Waals surface area contributed by atoms with Crippen molar-refractivity contribution >= 4 is 16.5 Å². The molecule has 0 bridgehead atoms. The second-order valence-corrected chi connectivity index (χ2v) is 4.07. The van der Waals surface area contributed by atoms with Crippen LogP contribution in [0.3, 0.4) is 0 Å². The Morgan fingerprint density at radius 1 is 1.67 bits per heavy atom. The fraction of sp³-hybridized carbons (Fsp3) is 0.556. The molecule has 0 N–H and O–H groups in total. The summed E-state index contributed by atoms with van der Waals surface area (Å²) in [7, 11) is 0. The number of nitrogens with zero attached hydrogens (tertiary/aromatic N) is 2. The number of hydrogen-bond acceptors (Lipinski definition) is 2. The Balaban J connectivity index is 1.99. The largest absolute Gasteiger partial charge is 0.351 e. The van der Waals surface area contributed by atoms with Gasteiger partial charge in [0.1, 0.15) is 5.69 Å². The predicted molar refractivity (Wildman–Crippen MR) is 49.4 cm³/mol. The van der Waals surface area contributed by atoms with Crippen LogP contribution in [0.4, 0.5) is 5.13 Å². The lowest BCUT2D eigenvalue weighted by atomic mass is 9.82. The van der Waals surface area contributed by atoms with Gasteiger partial charge in [0.05, 0.1) is 0 Å². The summed E-state index contributed by atoms with van der Waals surface area (Å²) in [6.07, 6.45) is 5.17.